The zero-order valence-corrected chi connectivity index (χ0v) is 22.2. The molecule has 0 aromatic heterocycles. The fourth-order valence-electron chi connectivity index (χ4n) is 6.63. The summed E-state index contributed by atoms with van der Waals surface area (Å²) < 4.78 is 5.54. The van der Waals surface area contributed by atoms with Crippen molar-refractivity contribution in [3.8, 4) is 11.5 Å². The van der Waals surface area contributed by atoms with E-state index >= 15 is 0 Å². The first-order valence-electron chi connectivity index (χ1n) is 12.3. The molecule has 2 heterocycles. The standard InChI is InChI=1S/C26H26Cl2N2O8/c1-3-38-16-6-4-5-14(20(16)33)19-12-7-8-13-18(22(35)30(21(13)34)10-9-17(31)32)15(12)11-25(27)23(36)29(2)24(37)26(19,25)28/h4-7,13,15,18-19,33H,3,8-11H2,1-2H3,(H,31,32). The lowest BCUT2D eigenvalue weighted by Gasteiger charge is -2.50. The number of nitrogens with zero attached hydrogens (tertiary/aromatic N) is 2. The lowest BCUT2D eigenvalue weighted by atomic mass is 9.56. The number of aromatic hydroxyl groups is 1. The van der Waals surface area contributed by atoms with Gasteiger partial charge in [0.15, 0.2) is 21.2 Å². The number of carbonyl (C=O) groups excluding carboxylic acids is 4. The average Bonchev–Trinajstić information content (AvgIpc) is 3.19. The lowest BCUT2D eigenvalue weighted by Crippen LogP contribution is -2.60. The molecule has 6 unspecified atom stereocenters. The van der Waals surface area contributed by atoms with Crippen LogP contribution in [-0.4, -0.2) is 79.6 Å². The summed E-state index contributed by atoms with van der Waals surface area (Å²) in [5, 5.41) is 20.3. The van der Waals surface area contributed by atoms with Crippen LogP contribution in [0.3, 0.4) is 0 Å². The van der Waals surface area contributed by atoms with Crippen molar-refractivity contribution >= 4 is 52.8 Å². The molecule has 2 aliphatic carbocycles. The van der Waals surface area contributed by atoms with Crippen LogP contribution in [0, 0.1) is 17.8 Å². The smallest absolute Gasteiger partial charge is 0.305 e. The van der Waals surface area contributed by atoms with Gasteiger partial charge in [-0.1, -0.05) is 23.8 Å². The van der Waals surface area contributed by atoms with Gasteiger partial charge in [-0.15, -0.1) is 23.2 Å². The molecule has 1 aromatic carbocycles. The summed E-state index contributed by atoms with van der Waals surface area (Å²) in [5.41, 5.74) is 0.737. The number of ether oxygens (including phenoxy) is 1. The van der Waals surface area contributed by atoms with Crippen molar-refractivity contribution in [1.82, 2.24) is 9.80 Å². The van der Waals surface area contributed by atoms with Gasteiger partial charge in [-0.25, -0.2) is 0 Å². The Morgan fingerprint density at radius 2 is 1.84 bits per heavy atom. The van der Waals surface area contributed by atoms with Gasteiger partial charge < -0.3 is 14.9 Å². The molecule has 2 aliphatic heterocycles. The third-order valence-corrected chi connectivity index (χ3v) is 9.71. The van der Waals surface area contributed by atoms with E-state index in [-0.39, 0.29) is 43.1 Å². The number of benzene rings is 1. The molecule has 2 saturated heterocycles. The minimum absolute atomic E-state index is 0.146. The topological polar surface area (TPSA) is 142 Å². The van der Waals surface area contributed by atoms with Gasteiger partial charge in [-0.3, -0.25) is 33.8 Å². The van der Waals surface area contributed by atoms with Crippen LogP contribution >= 0.6 is 23.2 Å². The normalized spacial score (nSPS) is 34.2. The number of carboxylic acids is 1. The van der Waals surface area contributed by atoms with Gasteiger partial charge in [0.05, 0.1) is 24.9 Å². The van der Waals surface area contributed by atoms with Crippen LogP contribution in [0.25, 0.3) is 0 Å². The summed E-state index contributed by atoms with van der Waals surface area (Å²) in [4.78, 5) is 62.6. The quantitative estimate of drug-likeness (QED) is 0.304. The number of phenols is 1. The molecule has 2 N–H and O–H groups in total. The minimum atomic E-state index is -2.02. The van der Waals surface area contributed by atoms with E-state index in [1.165, 1.54) is 7.05 Å². The van der Waals surface area contributed by atoms with Gasteiger partial charge in [-0.2, -0.15) is 0 Å². The van der Waals surface area contributed by atoms with Gasteiger partial charge in [0.1, 0.15) is 0 Å². The van der Waals surface area contributed by atoms with Crippen molar-refractivity contribution in [2.75, 3.05) is 20.2 Å². The van der Waals surface area contributed by atoms with E-state index in [0.717, 1.165) is 9.80 Å². The number of allylic oxidation sites excluding steroid dienone is 2. The number of hydrogen-bond acceptors (Lipinski definition) is 7. The van der Waals surface area contributed by atoms with Crippen LogP contribution in [0.15, 0.2) is 29.8 Å². The van der Waals surface area contributed by atoms with Gasteiger partial charge >= 0.3 is 5.97 Å². The third-order valence-electron chi connectivity index (χ3n) is 8.30. The van der Waals surface area contributed by atoms with Gasteiger partial charge in [-0.05, 0) is 31.7 Å². The maximum absolute atomic E-state index is 13.6. The van der Waals surface area contributed by atoms with E-state index in [4.69, 9.17) is 33.0 Å². The van der Waals surface area contributed by atoms with E-state index in [2.05, 4.69) is 0 Å². The predicted molar refractivity (Wildman–Crippen MR) is 134 cm³/mol. The van der Waals surface area contributed by atoms with Crippen LogP contribution in [0.2, 0.25) is 0 Å². The van der Waals surface area contributed by atoms with Crippen molar-refractivity contribution in [3.63, 3.8) is 0 Å². The molecule has 10 nitrogen and oxygen atoms in total. The summed E-state index contributed by atoms with van der Waals surface area (Å²) >= 11 is 14.1. The number of likely N-dealkylation sites (tertiary alicyclic amines) is 2. The summed E-state index contributed by atoms with van der Waals surface area (Å²) in [7, 11) is 1.28. The number of para-hydroxylation sites is 1. The molecule has 5 rings (SSSR count). The maximum Gasteiger partial charge on any atom is 0.305 e. The van der Waals surface area contributed by atoms with Crippen LogP contribution in [0.1, 0.15) is 37.7 Å². The Bertz CT molecular complexity index is 1310. The Balaban J connectivity index is 1.68. The van der Waals surface area contributed by atoms with Gasteiger partial charge in [0, 0.05) is 25.1 Å². The summed E-state index contributed by atoms with van der Waals surface area (Å²) in [5.74, 6) is -7.30. The molecule has 0 spiro atoms. The first-order chi connectivity index (χ1) is 17.9. The number of rotatable bonds is 6. The Kier molecular flexibility index (Phi) is 6.26. The van der Waals surface area contributed by atoms with Crippen LogP contribution in [-0.2, 0) is 24.0 Å². The number of imide groups is 2. The Hall–Kier alpha value is -3.11. The van der Waals surface area contributed by atoms with Crippen LogP contribution in [0.4, 0.5) is 0 Å². The highest BCUT2D eigenvalue weighted by Gasteiger charge is 2.76. The molecule has 0 bridgehead atoms. The largest absolute Gasteiger partial charge is 0.504 e. The van der Waals surface area contributed by atoms with Crippen LogP contribution < -0.4 is 4.74 Å². The highest BCUT2D eigenvalue weighted by atomic mass is 35.5. The molecular formula is C26H26Cl2N2O8. The third kappa shape index (κ3) is 3.35. The minimum Gasteiger partial charge on any atom is -0.504 e. The van der Waals surface area contributed by atoms with Crippen molar-refractivity contribution in [2.45, 2.75) is 41.9 Å². The summed E-state index contributed by atoms with van der Waals surface area (Å²) in [6, 6.07) is 4.74. The van der Waals surface area contributed by atoms with E-state index in [1.807, 2.05) is 0 Å². The number of carboxylic acid groups (broad SMARTS) is 1. The molecular weight excluding hydrogens is 539 g/mol. The maximum atomic E-state index is 13.6. The number of halogens is 2. The van der Waals surface area contributed by atoms with Gasteiger partial charge in [0.2, 0.25) is 11.8 Å². The molecule has 6 atom stereocenters. The highest BCUT2D eigenvalue weighted by Crippen LogP contribution is 2.66. The number of aliphatic carboxylic acids is 1. The van der Waals surface area contributed by atoms with Crippen molar-refractivity contribution in [1.29, 1.82) is 0 Å². The second-order valence-corrected chi connectivity index (χ2v) is 11.3. The zero-order chi connectivity index (χ0) is 27.7. The fraction of sp³-hybridized carbons (Fsp3) is 0.500. The molecule has 4 amide bonds. The number of phenolic OH excluding ortho intramolecular Hbond substituents is 1. The van der Waals surface area contributed by atoms with Crippen molar-refractivity contribution in [2.24, 2.45) is 17.8 Å². The molecule has 3 fully saturated rings. The molecule has 38 heavy (non-hydrogen) atoms. The molecule has 0 radical (unpaired) electrons. The SMILES string of the molecule is CCOc1cccc(C2C3=CCC4C(=O)N(CCC(=O)O)C(=O)C4C3CC3(Cl)C(=O)N(C)C(=O)C23Cl)c1O. The monoisotopic (exact) mass is 564 g/mol. The van der Waals surface area contributed by atoms with Crippen molar-refractivity contribution in [3.05, 3.63) is 35.4 Å². The zero-order valence-electron chi connectivity index (χ0n) is 20.6. The fourth-order valence-corrected chi connectivity index (χ4v) is 7.64. The van der Waals surface area contributed by atoms with E-state index in [1.54, 1.807) is 31.2 Å². The second kappa shape index (κ2) is 8.98. The number of hydrogen-bond donors (Lipinski definition) is 2. The summed E-state index contributed by atoms with van der Waals surface area (Å²) in [6.07, 6.45) is 1.30. The number of carbonyl (C=O) groups is 5. The Morgan fingerprint density at radius 3 is 2.50 bits per heavy atom. The molecule has 202 valence electrons. The second-order valence-electron chi connectivity index (χ2n) is 10.1. The summed E-state index contributed by atoms with van der Waals surface area (Å²) in [6.45, 7) is 1.73. The number of alkyl halides is 2. The average molecular weight is 565 g/mol. The molecule has 12 heteroatoms. The molecule has 1 saturated carbocycles. The molecule has 4 aliphatic rings. The Morgan fingerprint density at radius 1 is 1.13 bits per heavy atom. The first-order valence-corrected chi connectivity index (χ1v) is 13.1. The predicted octanol–water partition coefficient (Wildman–Crippen LogP) is 2.25. The highest BCUT2D eigenvalue weighted by molar-refractivity contribution is 6.53. The lowest BCUT2D eigenvalue weighted by molar-refractivity contribution is -0.143. The number of fused-ring (bicyclic) bond motifs is 4. The number of amides is 4. The van der Waals surface area contributed by atoms with Gasteiger partial charge in [0.25, 0.3) is 11.8 Å². The van der Waals surface area contributed by atoms with Crippen molar-refractivity contribution < 1.29 is 38.9 Å². The van der Waals surface area contributed by atoms with E-state index in [9.17, 15) is 29.1 Å². The molecule has 1 aromatic rings. The van der Waals surface area contributed by atoms with Crippen LogP contribution in [0.5, 0.6) is 11.5 Å². The van der Waals surface area contributed by atoms with E-state index in [0.29, 0.717) is 5.57 Å². The first kappa shape index (κ1) is 26.5. The van der Waals surface area contributed by atoms with E-state index < -0.39 is 69.4 Å². The Labute approximate surface area is 228 Å².